The number of rotatable bonds is 4. The summed E-state index contributed by atoms with van der Waals surface area (Å²) in [5, 5.41) is 6.96. The SMILES string of the molecule is CNC(=O)CNCc1cc2ccccc2s1. The molecule has 0 bridgehead atoms. The van der Waals surface area contributed by atoms with E-state index in [0.29, 0.717) is 6.54 Å². The molecule has 0 spiro atoms. The van der Waals surface area contributed by atoms with Crippen LogP contribution in [0.2, 0.25) is 0 Å². The molecule has 0 atom stereocenters. The first-order valence-electron chi connectivity index (χ1n) is 5.18. The summed E-state index contributed by atoms with van der Waals surface area (Å²) in [6, 6.07) is 10.5. The normalized spacial score (nSPS) is 10.6. The van der Waals surface area contributed by atoms with Gasteiger partial charge in [-0.05, 0) is 17.5 Å². The molecule has 0 fully saturated rings. The van der Waals surface area contributed by atoms with E-state index >= 15 is 0 Å². The molecule has 4 heteroatoms. The molecule has 2 aromatic rings. The summed E-state index contributed by atoms with van der Waals surface area (Å²) in [7, 11) is 1.64. The highest BCUT2D eigenvalue weighted by Gasteiger charge is 2.01. The first kappa shape index (κ1) is 11.1. The van der Waals surface area contributed by atoms with Gasteiger partial charge in [-0.15, -0.1) is 11.3 Å². The molecular weight excluding hydrogens is 220 g/mol. The number of fused-ring (bicyclic) bond motifs is 1. The summed E-state index contributed by atoms with van der Waals surface area (Å²) in [5.41, 5.74) is 0. The van der Waals surface area contributed by atoms with Gasteiger partial charge in [0.25, 0.3) is 0 Å². The van der Waals surface area contributed by atoms with Crippen molar-refractivity contribution < 1.29 is 4.79 Å². The predicted octanol–water partition coefficient (Wildman–Crippen LogP) is 1.74. The smallest absolute Gasteiger partial charge is 0.233 e. The summed E-state index contributed by atoms with van der Waals surface area (Å²) in [4.78, 5) is 12.3. The maximum atomic E-state index is 11.0. The van der Waals surface area contributed by atoms with Gasteiger partial charge in [-0.1, -0.05) is 18.2 Å². The molecule has 1 aromatic carbocycles. The summed E-state index contributed by atoms with van der Waals surface area (Å²) in [6.07, 6.45) is 0. The molecule has 0 aliphatic heterocycles. The maximum Gasteiger partial charge on any atom is 0.233 e. The monoisotopic (exact) mass is 234 g/mol. The van der Waals surface area contributed by atoms with Crippen LogP contribution in [-0.2, 0) is 11.3 Å². The van der Waals surface area contributed by atoms with Gasteiger partial charge in [0, 0.05) is 23.2 Å². The molecule has 0 saturated heterocycles. The Bertz CT molecular complexity index is 459. The molecule has 84 valence electrons. The average molecular weight is 234 g/mol. The number of hydrogen-bond donors (Lipinski definition) is 2. The number of nitrogens with one attached hydrogen (secondary N) is 2. The zero-order valence-corrected chi connectivity index (χ0v) is 9.93. The van der Waals surface area contributed by atoms with Crippen molar-refractivity contribution in [3.05, 3.63) is 35.2 Å². The lowest BCUT2D eigenvalue weighted by Crippen LogP contribution is -2.30. The van der Waals surface area contributed by atoms with Gasteiger partial charge in [-0.2, -0.15) is 0 Å². The minimum absolute atomic E-state index is 0.0149. The van der Waals surface area contributed by atoms with E-state index in [4.69, 9.17) is 0 Å². The Morgan fingerprint density at radius 2 is 2.19 bits per heavy atom. The summed E-state index contributed by atoms with van der Waals surface area (Å²) in [6.45, 7) is 1.11. The van der Waals surface area contributed by atoms with Crippen LogP contribution >= 0.6 is 11.3 Å². The van der Waals surface area contributed by atoms with Crippen LogP contribution in [0.4, 0.5) is 0 Å². The molecule has 2 N–H and O–H groups in total. The van der Waals surface area contributed by atoms with Crippen LogP contribution in [0.5, 0.6) is 0 Å². The lowest BCUT2D eigenvalue weighted by Gasteiger charge is -2.00. The van der Waals surface area contributed by atoms with Crippen molar-refractivity contribution in [2.45, 2.75) is 6.54 Å². The number of amides is 1. The molecule has 1 amide bonds. The Morgan fingerprint density at radius 3 is 2.94 bits per heavy atom. The fraction of sp³-hybridized carbons (Fsp3) is 0.250. The molecule has 16 heavy (non-hydrogen) atoms. The highest BCUT2D eigenvalue weighted by molar-refractivity contribution is 7.19. The molecule has 1 aromatic heterocycles. The zero-order chi connectivity index (χ0) is 11.4. The Balaban J connectivity index is 1.97. The molecule has 1 heterocycles. The number of benzene rings is 1. The minimum atomic E-state index is 0.0149. The van der Waals surface area contributed by atoms with E-state index in [1.165, 1.54) is 15.0 Å². The van der Waals surface area contributed by atoms with Crippen LogP contribution in [0, 0.1) is 0 Å². The third kappa shape index (κ3) is 2.59. The van der Waals surface area contributed by atoms with Gasteiger partial charge < -0.3 is 10.6 Å². The van der Waals surface area contributed by atoms with Gasteiger partial charge in [0.2, 0.25) is 5.91 Å². The molecule has 3 nitrogen and oxygen atoms in total. The Morgan fingerprint density at radius 1 is 1.38 bits per heavy atom. The van der Waals surface area contributed by atoms with Crippen molar-refractivity contribution in [2.24, 2.45) is 0 Å². The van der Waals surface area contributed by atoms with E-state index in [-0.39, 0.29) is 5.91 Å². The van der Waals surface area contributed by atoms with Crippen molar-refractivity contribution in [1.82, 2.24) is 10.6 Å². The fourth-order valence-corrected chi connectivity index (χ4v) is 2.55. The summed E-state index contributed by atoms with van der Waals surface area (Å²) in [5.74, 6) is 0.0149. The van der Waals surface area contributed by atoms with E-state index in [9.17, 15) is 4.79 Å². The third-order valence-corrected chi connectivity index (χ3v) is 3.46. The van der Waals surface area contributed by atoms with E-state index < -0.39 is 0 Å². The molecular formula is C12H14N2OS. The van der Waals surface area contributed by atoms with E-state index in [0.717, 1.165) is 6.54 Å². The molecule has 0 aliphatic carbocycles. The number of thiophene rings is 1. The Kier molecular flexibility index (Phi) is 3.54. The van der Waals surface area contributed by atoms with Gasteiger partial charge in [0.1, 0.15) is 0 Å². The van der Waals surface area contributed by atoms with Crippen molar-refractivity contribution in [2.75, 3.05) is 13.6 Å². The molecule has 0 saturated carbocycles. The van der Waals surface area contributed by atoms with Gasteiger partial charge in [-0.25, -0.2) is 0 Å². The van der Waals surface area contributed by atoms with Crippen LogP contribution in [0.1, 0.15) is 4.88 Å². The molecule has 0 radical (unpaired) electrons. The van der Waals surface area contributed by atoms with E-state index in [1.807, 2.05) is 12.1 Å². The lowest BCUT2D eigenvalue weighted by atomic mass is 10.2. The van der Waals surface area contributed by atoms with Crippen LogP contribution in [0.15, 0.2) is 30.3 Å². The largest absolute Gasteiger partial charge is 0.358 e. The highest BCUT2D eigenvalue weighted by atomic mass is 32.1. The van der Waals surface area contributed by atoms with E-state index in [1.54, 1.807) is 18.4 Å². The quantitative estimate of drug-likeness (QED) is 0.846. The zero-order valence-electron chi connectivity index (χ0n) is 9.12. The number of carbonyl (C=O) groups excluding carboxylic acids is 1. The second-order valence-corrected chi connectivity index (χ2v) is 4.70. The molecule has 2 rings (SSSR count). The first-order chi connectivity index (χ1) is 7.79. The van der Waals surface area contributed by atoms with Crippen LogP contribution in [0.25, 0.3) is 10.1 Å². The van der Waals surface area contributed by atoms with Gasteiger partial charge in [0.05, 0.1) is 6.54 Å². The standard InChI is InChI=1S/C12H14N2OS/c1-13-12(15)8-14-7-10-6-9-4-2-3-5-11(9)16-10/h2-6,14H,7-8H2,1H3,(H,13,15). The number of likely N-dealkylation sites (N-methyl/N-ethyl adjacent to an activating group) is 1. The van der Waals surface area contributed by atoms with Crippen molar-refractivity contribution in [3.63, 3.8) is 0 Å². The summed E-state index contributed by atoms with van der Waals surface area (Å²) >= 11 is 1.76. The predicted molar refractivity (Wildman–Crippen MR) is 67.6 cm³/mol. The lowest BCUT2D eigenvalue weighted by molar-refractivity contribution is -0.119. The Hall–Kier alpha value is -1.39. The minimum Gasteiger partial charge on any atom is -0.358 e. The average Bonchev–Trinajstić information content (AvgIpc) is 2.71. The highest BCUT2D eigenvalue weighted by Crippen LogP contribution is 2.24. The second kappa shape index (κ2) is 5.09. The molecule has 0 aliphatic rings. The van der Waals surface area contributed by atoms with Crippen molar-refractivity contribution >= 4 is 27.3 Å². The third-order valence-electron chi connectivity index (χ3n) is 2.34. The van der Waals surface area contributed by atoms with E-state index in [2.05, 4.69) is 28.8 Å². The van der Waals surface area contributed by atoms with Crippen molar-refractivity contribution in [3.8, 4) is 0 Å². The fourth-order valence-electron chi connectivity index (χ4n) is 1.51. The number of hydrogen-bond acceptors (Lipinski definition) is 3. The Labute approximate surface area is 98.5 Å². The van der Waals surface area contributed by atoms with Gasteiger partial charge in [0.15, 0.2) is 0 Å². The maximum absolute atomic E-state index is 11.0. The molecule has 0 unspecified atom stereocenters. The first-order valence-corrected chi connectivity index (χ1v) is 6.00. The summed E-state index contributed by atoms with van der Waals surface area (Å²) < 4.78 is 1.29. The number of carbonyl (C=O) groups is 1. The van der Waals surface area contributed by atoms with Crippen molar-refractivity contribution in [1.29, 1.82) is 0 Å². The van der Waals surface area contributed by atoms with Crippen LogP contribution in [0.3, 0.4) is 0 Å². The second-order valence-electron chi connectivity index (χ2n) is 3.53. The van der Waals surface area contributed by atoms with Gasteiger partial charge in [-0.3, -0.25) is 4.79 Å². The topological polar surface area (TPSA) is 41.1 Å². The van der Waals surface area contributed by atoms with Gasteiger partial charge >= 0.3 is 0 Å². The van der Waals surface area contributed by atoms with Crippen LogP contribution in [-0.4, -0.2) is 19.5 Å². The van der Waals surface area contributed by atoms with Crippen LogP contribution < -0.4 is 10.6 Å².